The molecule has 0 spiro atoms. The average molecular weight is 246 g/mol. The molecule has 0 aliphatic carbocycles. The zero-order valence-corrected chi connectivity index (χ0v) is 10.7. The van der Waals surface area contributed by atoms with E-state index in [-0.39, 0.29) is 0 Å². The normalized spacial score (nSPS) is 11.2. The van der Waals surface area contributed by atoms with Gasteiger partial charge in [0.05, 0.1) is 11.4 Å². The van der Waals surface area contributed by atoms with Crippen molar-refractivity contribution in [2.24, 2.45) is 10.2 Å². The van der Waals surface area contributed by atoms with Gasteiger partial charge in [-0.15, -0.1) is 5.11 Å². The van der Waals surface area contributed by atoms with Gasteiger partial charge in [0, 0.05) is 5.39 Å². The van der Waals surface area contributed by atoms with Crippen molar-refractivity contribution in [2.45, 2.75) is 6.92 Å². The number of fused-ring (bicyclic) bond motifs is 1. The summed E-state index contributed by atoms with van der Waals surface area (Å²) >= 11 is 0. The Morgan fingerprint density at radius 1 is 0.632 bits per heavy atom. The Bertz CT molecular complexity index is 731. The summed E-state index contributed by atoms with van der Waals surface area (Å²) in [5, 5.41) is 11.0. The molecule has 0 saturated carbocycles. The largest absolute Gasteiger partial charge is 0.151 e. The third-order valence-electron chi connectivity index (χ3n) is 3.15. The van der Waals surface area contributed by atoms with E-state index < -0.39 is 0 Å². The number of aryl methyl sites for hydroxylation is 1. The highest BCUT2D eigenvalue weighted by atomic mass is 15.1. The Balaban J connectivity index is 2.07. The molecule has 0 bridgehead atoms. The lowest BCUT2D eigenvalue weighted by Crippen LogP contribution is -1.78. The van der Waals surface area contributed by atoms with Crippen LogP contribution in [0.2, 0.25) is 0 Å². The quantitative estimate of drug-likeness (QED) is 0.528. The molecule has 0 atom stereocenters. The van der Waals surface area contributed by atoms with Crippen molar-refractivity contribution >= 4 is 22.1 Å². The van der Waals surface area contributed by atoms with Gasteiger partial charge in [-0.3, -0.25) is 0 Å². The van der Waals surface area contributed by atoms with Crippen LogP contribution in [0.4, 0.5) is 11.4 Å². The van der Waals surface area contributed by atoms with E-state index in [9.17, 15) is 0 Å². The highest BCUT2D eigenvalue weighted by Crippen LogP contribution is 2.29. The number of nitrogens with zero attached hydrogens (tertiary/aromatic N) is 2. The maximum absolute atomic E-state index is 4.37. The fourth-order valence-electron chi connectivity index (χ4n) is 2.13. The first-order valence-corrected chi connectivity index (χ1v) is 6.30. The smallest absolute Gasteiger partial charge is 0.0935 e. The summed E-state index contributed by atoms with van der Waals surface area (Å²) in [4.78, 5) is 0. The van der Waals surface area contributed by atoms with Gasteiger partial charge < -0.3 is 0 Å². The molecular weight excluding hydrogens is 232 g/mol. The molecule has 0 unspecified atom stereocenters. The summed E-state index contributed by atoms with van der Waals surface area (Å²) in [7, 11) is 0. The lowest BCUT2D eigenvalue weighted by atomic mass is 10.0. The maximum Gasteiger partial charge on any atom is 0.0935 e. The molecule has 0 radical (unpaired) electrons. The molecular formula is C17H14N2. The summed E-state index contributed by atoms with van der Waals surface area (Å²) in [6.07, 6.45) is 0. The molecule has 0 amide bonds. The second-order valence-electron chi connectivity index (χ2n) is 4.48. The van der Waals surface area contributed by atoms with Crippen LogP contribution in [0, 0.1) is 6.92 Å². The minimum absolute atomic E-state index is 0.868. The van der Waals surface area contributed by atoms with Gasteiger partial charge in [-0.05, 0) is 36.1 Å². The molecule has 0 aliphatic heterocycles. The minimum Gasteiger partial charge on any atom is -0.151 e. The van der Waals surface area contributed by atoms with Gasteiger partial charge in [0.25, 0.3) is 0 Å². The van der Waals surface area contributed by atoms with E-state index in [0.717, 1.165) is 16.8 Å². The molecule has 0 heterocycles. The number of azo groups is 1. The van der Waals surface area contributed by atoms with Gasteiger partial charge in [0.15, 0.2) is 0 Å². The lowest BCUT2D eigenvalue weighted by Gasteiger charge is -2.04. The zero-order chi connectivity index (χ0) is 13.1. The summed E-state index contributed by atoms with van der Waals surface area (Å²) in [6.45, 7) is 2.11. The van der Waals surface area contributed by atoms with Gasteiger partial charge in [-0.1, -0.05) is 48.5 Å². The number of hydrogen-bond donors (Lipinski definition) is 0. The monoisotopic (exact) mass is 246 g/mol. The van der Waals surface area contributed by atoms with Crippen molar-refractivity contribution in [1.29, 1.82) is 0 Å². The molecule has 19 heavy (non-hydrogen) atoms. The molecule has 92 valence electrons. The minimum atomic E-state index is 0.868. The van der Waals surface area contributed by atoms with Crippen molar-refractivity contribution in [3.05, 3.63) is 72.3 Å². The van der Waals surface area contributed by atoms with Gasteiger partial charge in [-0.25, -0.2) is 0 Å². The lowest BCUT2D eigenvalue weighted by molar-refractivity contribution is 1.24. The van der Waals surface area contributed by atoms with Crippen LogP contribution in [0.3, 0.4) is 0 Å². The third-order valence-corrected chi connectivity index (χ3v) is 3.15. The van der Waals surface area contributed by atoms with Crippen LogP contribution >= 0.6 is 0 Å². The topological polar surface area (TPSA) is 24.7 Å². The summed E-state index contributed by atoms with van der Waals surface area (Å²) in [5.74, 6) is 0. The SMILES string of the molecule is Cc1ccc(N=Nc2ccccc2)c2ccccc12. The molecule has 2 heteroatoms. The van der Waals surface area contributed by atoms with Gasteiger partial charge >= 0.3 is 0 Å². The first kappa shape index (κ1) is 11.6. The Hall–Kier alpha value is -2.48. The predicted octanol–water partition coefficient (Wildman–Crippen LogP) is 5.56. The van der Waals surface area contributed by atoms with Crippen molar-refractivity contribution in [3.63, 3.8) is 0 Å². The average Bonchev–Trinajstić information content (AvgIpc) is 2.48. The molecule has 0 aliphatic rings. The van der Waals surface area contributed by atoms with Crippen LogP contribution in [-0.4, -0.2) is 0 Å². The first-order valence-electron chi connectivity index (χ1n) is 6.30. The van der Waals surface area contributed by atoms with Gasteiger partial charge in [0.1, 0.15) is 0 Å². The summed E-state index contributed by atoms with van der Waals surface area (Å²) < 4.78 is 0. The molecule has 0 saturated heterocycles. The standard InChI is InChI=1S/C17H14N2/c1-13-11-12-17(16-10-6-5-9-15(13)16)19-18-14-7-3-2-4-8-14/h2-12H,1H3. The van der Waals surface area contributed by atoms with Crippen LogP contribution in [0.1, 0.15) is 5.56 Å². The third kappa shape index (κ3) is 2.38. The molecule has 3 aromatic carbocycles. The van der Waals surface area contributed by atoms with E-state index in [1.165, 1.54) is 10.9 Å². The fourth-order valence-corrected chi connectivity index (χ4v) is 2.13. The Labute approximate surface area is 112 Å². The van der Waals surface area contributed by atoms with Crippen molar-refractivity contribution in [2.75, 3.05) is 0 Å². The first-order chi connectivity index (χ1) is 9.34. The zero-order valence-electron chi connectivity index (χ0n) is 10.7. The summed E-state index contributed by atoms with van der Waals surface area (Å²) in [6, 6.07) is 22.2. The van der Waals surface area contributed by atoms with Crippen LogP contribution in [0.5, 0.6) is 0 Å². The molecule has 2 nitrogen and oxygen atoms in total. The highest BCUT2D eigenvalue weighted by Gasteiger charge is 2.01. The molecule has 0 aromatic heterocycles. The van der Waals surface area contributed by atoms with Crippen LogP contribution in [-0.2, 0) is 0 Å². The van der Waals surface area contributed by atoms with Gasteiger partial charge in [0.2, 0.25) is 0 Å². The Morgan fingerprint density at radius 2 is 1.32 bits per heavy atom. The molecule has 3 aromatic rings. The van der Waals surface area contributed by atoms with Crippen molar-refractivity contribution in [1.82, 2.24) is 0 Å². The van der Waals surface area contributed by atoms with E-state index in [1.807, 2.05) is 48.5 Å². The predicted molar refractivity (Wildman–Crippen MR) is 79.3 cm³/mol. The van der Waals surface area contributed by atoms with E-state index >= 15 is 0 Å². The van der Waals surface area contributed by atoms with E-state index in [0.29, 0.717) is 0 Å². The van der Waals surface area contributed by atoms with Crippen LogP contribution in [0.25, 0.3) is 10.8 Å². The number of benzene rings is 3. The number of hydrogen-bond acceptors (Lipinski definition) is 2. The number of rotatable bonds is 2. The van der Waals surface area contributed by atoms with E-state index in [2.05, 4.69) is 35.4 Å². The Kier molecular flexibility index (Phi) is 3.07. The van der Waals surface area contributed by atoms with Gasteiger partial charge in [-0.2, -0.15) is 5.11 Å². The maximum atomic E-state index is 4.37. The van der Waals surface area contributed by atoms with Crippen LogP contribution in [0.15, 0.2) is 77.0 Å². The second-order valence-corrected chi connectivity index (χ2v) is 4.48. The summed E-state index contributed by atoms with van der Waals surface area (Å²) in [5.41, 5.74) is 3.03. The molecule has 0 N–H and O–H groups in total. The van der Waals surface area contributed by atoms with Crippen LogP contribution < -0.4 is 0 Å². The second kappa shape index (κ2) is 5.02. The molecule has 0 fully saturated rings. The highest BCUT2D eigenvalue weighted by molar-refractivity contribution is 5.94. The van der Waals surface area contributed by atoms with E-state index in [1.54, 1.807) is 0 Å². The fraction of sp³-hybridized carbons (Fsp3) is 0.0588. The Morgan fingerprint density at radius 3 is 2.11 bits per heavy atom. The molecule has 3 rings (SSSR count). The van der Waals surface area contributed by atoms with E-state index in [4.69, 9.17) is 0 Å². The van der Waals surface area contributed by atoms with Crippen molar-refractivity contribution < 1.29 is 0 Å². The van der Waals surface area contributed by atoms with Crippen molar-refractivity contribution in [3.8, 4) is 0 Å².